The smallest absolute Gasteiger partial charge is 0.409 e. The third-order valence-corrected chi connectivity index (χ3v) is 3.85. The lowest BCUT2D eigenvalue weighted by atomic mass is 10.00. The van der Waals surface area contributed by atoms with E-state index in [9.17, 15) is 9.59 Å². The van der Waals surface area contributed by atoms with Crippen LogP contribution < -0.4 is 16.0 Å². The van der Waals surface area contributed by atoms with Crippen LogP contribution in [0.15, 0.2) is 42.9 Å². The van der Waals surface area contributed by atoms with Crippen molar-refractivity contribution >= 4 is 29.1 Å². The second kappa shape index (κ2) is 6.52. The van der Waals surface area contributed by atoms with Crippen LogP contribution in [-0.2, 0) is 0 Å². The summed E-state index contributed by atoms with van der Waals surface area (Å²) in [6.45, 7) is 1.84. The zero-order chi connectivity index (χ0) is 18.0. The van der Waals surface area contributed by atoms with E-state index in [1.54, 1.807) is 28.9 Å². The van der Waals surface area contributed by atoms with E-state index < -0.39 is 6.09 Å². The first-order valence-electron chi connectivity index (χ1n) is 7.55. The predicted octanol–water partition coefficient (Wildman–Crippen LogP) is 3.15. The molecule has 3 amide bonds. The van der Waals surface area contributed by atoms with Gasteiger partial charge in [0.05, 0.1) is 5.69 Å². The summed E-state index contributed by atoms with van der Waals surface area (Å²) >= 11 is 0. The number of nitrogens with one attached hydrogen (secondary N) is 3. The van der Waals surface area contributed by atoms with E-state index in [1.807, 2.05) is 25.3 Å². The number of fused-ring (bicyclic) bond motifs is 1. The number of hydrogen-bond donors (Lipinski definition) is 4. The van der Waals surface area contributed by atoms with Gasteiger partial charge in [-0.3, -0.25) is 5.32 Å². The molecule has 0 radical (unpaired) electrons. The van der Waals surface area contributed by atoms with Gasteiger partial charge in [-0.15, -0.1) is 0 Å². The van der Waals surface area contributed by atoms with Gasteiger partial charge >= 0.3 is 12.1 Å². The molecule has 0 bridgehead atoms. The van der Waals surface area contributed by atoms with Crippen molar-refractivity contribution in [1.82, 2.24) is 14.7 Å². The summed E-state index contributed by atoms with van der Waals surface area (Å²) in [6.07, 6.45) is 4.18. The summed E-state index contributed by atoms with van der Waals surface area (Å²) < 4.78 is 1.80. The van der Waals surface area contributed by atoms with Gasteiger partial charge < -0.3 is 20.1 Å². The Bertz CT molecular complexity index is 964. The molecule has 8 heteroatoms. The number of nitrogens with zero attached hydrogens (tertiary/aromatic N) is 2. The number of pyridine rings is 1. The molecule has 8 nitrogen and oxygen atoms in total. The summed E-state index contributed by atoms with van der Waals surface area (Å²) in [7, 11) is 1.53. The Hall–Kier alpha value is -3.55. The van der Waals surface area contributed by atoms with Crippen molar-refractivity contribution in [1.29, 1.82) is 0 Å². The summed E-state index contributed by atoms with van der Waals surface area (Å²) in [6, 6.07) is 6.83. The molecule has 2 heterocycles. The third-order valence-electron chi connectivity index (χ3n) is 3.85. The summed E-state index contributed by atoms with van der Waals surface area (Å²) in [4.78, 5) is 26.9. The van der Waals surface area contributed by atoms with Crippen molar-refractivity contribution in [2.75, 3.05) is 17.7 Å². The number of imidazole rings is 1. The van der Waals surface area contributed by atoms with Crippen LogP contribution in [0.1, 0.15) is 5.56 Å². The predicted molar refractivity (Wildman–Crippen MR) is 95.1 cm³/mol. The minimum absolute atomic E-state index is 0.347. The lowest BCUT2D eigenvalue weighted by molar-refractivity contribution is 0.209. The van der Waals surface area contributed by atoms with Gasteiger partial charge in [-0.1, -0.05) is 12.1 Å². The van der Waals surface area contributed by atoms with Crippen molar-refractivity contribution in [3.63, 3.8) is 0 Å². The largest absolute Gasteiger partial charge is 0.465 e. The van der Waals surface area contributed by atoms with Crippen molar-refractivity contribution in [3.05, 3.63) is 48.4 Å². The molecule has 0 fully saturated rings. The molecule has 0 saturated heterocycles. The van der Waals surface area contributed by atoms with Crippen molar-refractivity contribution in [2.24, 2.45) is 0 Å². The topological polar surface area (TPSA) is 108 Å². The van der Waals surface area contributed by atoms with Crippen LogP contribution in [-0.4, -0.2) is 33.7 Å². The molecular weight excluding hydrogens is 322 g/mol. The third kappa shape index (κ3) is 3.23. The quantitative estimate of drug-likeness (QED) is 0.588. The second-order valence-electron chi connectivity index (χ2n) is 5.41. The average molecular weight is 339 g/mol. The lowest BCUT2D eigenvalue weighted by Crippen LogP contribution is -2.24. The number of rotatable bonds is 3. The molecule has 4 N–H and O–H groups in total. The minimum atomic E-state index is -1.12. The first-order valence-corrected chi connectivity index (χ1v) is 7.55. The van der Waals surface area contributed by atoms with Gasteiger partial charge in [0.1, 0.15) is 0 Å². The van der Waals surface area contributed by atoms with Crippen molar-refractivity contribution < 1.29 is 14.7 Å². The van der Waals surface area contributed by atoms with E-state index in [-0.39, 0.29) is 6.03 Å². The molecule has 25 heavy (non-hydrogen) atoms. The van der Waals surface area contributed by atoms with Crippen LogP contribution in [0.3, 0.4) is 0 Å². The van der Waals surface area contributed by atoms with E-state index >= 15 is 0 Å². The Kier molecular flexibility index (Phi) is 4.25. The summed E-state index contributed by atoms with van der Waals surface area (Å²) in [5, 5.41) is 16.6. The normalized spacial score (nSPS) is 10.5. The molecule has 0 saturated carbocycles. The fourth-order valence-corrected chi connectivity index (χ4v) is 2.66. The van der Waals surface area contributed by atoms with Crippen molar-refractivity contribution in [2.45, 2.75) is 6.92 Å². The molecule has 0 spiro atoms. The van der Waals surface area contributed by atoms with Gasteiger partial charge in [0.15, 0.2) is 5.65 Å². The van der Waals surface area contributed by atoms with Crippen LogP contribution >= 0.6 is 0 Å². The summed E-state index contributed by atoms with van der Waals surface area (Å²) in [5.41, 5.74) is 4.14. The fraction of sp³-hybridized carbons (Fsp3) is 0.118. The molecule has 0 unspecified atom stereocenters. The number of carbonyl (C=O) groups excluding carboxylic acids is 1. The van der Waals surface area contributed by atoms with Crippen LogP contribution in [0.25, 0.3) is 16.8 Å². The van der Waals surface area contributed by atoms with Crippen LogP contribution in [0.5, 0.6) is 0 Å². The number of carbonyl (C=O) groups is 2. The number of anilines is 2. The number of aromatic nitrogens is 2. The highest BCUT2D eigenvalue weighted by Crippen LogP contribution is 2.31. The first kappa shape index (κ1) is 16.3. The summed E-state index contributed by atoms with van der Waals surface area (Å²) in [5.74, 6) is 0. The van der Waals surface area contributed by atoms with Crippen LogP contribution in [0, 0.1) is 6.92 Å². The minimum Gasteiger partial charge on any atom is -0.465 e. The molecule has 1 aromatic carbocycles. The van der Waals surface area contributed by atoms with E-state index in [4.69, 9.17) is 5.11 Å². The Labute approximate surface area is 143 Å². The zero-order valence-electron chi connectivity index (χ0n) is 13.7. The molecule has 0 atom stereocenters. The Morgan fingerprint density at radius 1 is 1.20 bits per heavy atom. The maximum absolute atomic E-state index is 11.7. The molecule has 0 aliphatic rings. The molecule has 3 rings (SSSR count). The molecule has 0 aliphatic carbocycles. The molecule has 2 aromatic heterocycles. The van der Waals surface area contributed by atoms with E-state index in [0.717, 1.165) is 16.7 Å². The second-order valence-corrected chi connectivity index (χ2v) is 5.41. The van der Waals surface area contributed by atoms with Gasteiger partial charge in [-0.2, -0.15) is 0 Å². The van der Waals surface area contributed by atoms with Gasteiger partial charge in [0, 0.05) is 36.9 Å². The molecular formula is C17H17N5O3. The monoisotopic (exact) mass is 339 g/mol. The Morgan fingerprint density at radius 3 is 2.72 bits per heavy atom. The first-order chi connectivity index (χ1) is 12.0. The SMILES string of the molecule is CNC(=O)Nc1cc(-c2cccc(NC(=O)O)c2C)cn2ccnc12. The fourth-order valence-electron chi connectivity index (χ4n) is 2.66. The number of carboxylic acid groups (broad SMARTS) is 1. The van der Waals surface area contributed by atoms with E-state index in [1.165, 1.54) is 7.05 Å². The van der Waals surface area contributed by atoms with Gasteiger partial charge in [0.25, 0.3) is 0 Å². The molecule has 128 valence electrons. The molecule has 3 aromatic rings. The maximum Gasteiger partial charge on any atom is 0.409 e. The number of benzene rings is 1. The number of hydrogen-bond acceptors (Lipinski definition) is 3. The van der Waals surface area contributed by atoms with Gasteiger partial charge in [-0.25, -0.2) is 14.6 Å². The van der Waals surface area contributed by atoms with E-state index in [2.05, 4.69) is 20.9 Å². The highest BCUT2D eigenvalue weighted by Gasteiger charge is 2.13. The maximum atomic E-state index is 11.7. The van der Waals surface area contributed by atoms with E-state index in [0.29, 0.717) is 17.0 Å². The highest BCUT2D eigenvalue weighted by atomic mass is 16.4. The molecule has 0 aliphatic heterocycles. The zero-order valence-corrected chi connectivity index (χ0v) is 13.7. The number of urea groups is 1. The number of amides is 3. The average Bonchev–Trinajstić information content (AvgIpc) is 3.05. The Morgan fingerprint density at radius 2 is 2.00 bits per heavy atom. The standard InChI is InChI=1S/C17H17N5O3/c1-10-12(4-3-5-13(10)21-17(24)25)11-8-14(20-16(23)18-2)15-19-6-7-22(15)9-11/h3-9,21H,1-2H3,(H,24,25)(H2,18,20,23). The lowest BCUT2D eigenvalue weighted by Gasteiger charge is -2.14. The Balaban J connectivity index is 2.13. The van der Waals surface area contributed by atoms with Crippen LogP contribution in [0.4, 0.5) is 21.0 Å². The van der Waals surface area contributed by atoms with Crippen molar-refractivity contribution in [3.8, 4) is 11.1 Å². The van der Waals surface area contributed by atoms with Gasteiger partial charge in [0.2, 0.25) is 0 Å². The highest BCUT2D eigenvalue weighted by molar-refractivity contribution is 5.94. The van der Waals surface area contributed by atoms with Gasteiger partial charge in [-0.05, 0) is 30.2 Å². The van der Waals surface area contributed by atoms with Crippen LogP contribution in [0.2, 0.25) is 0 Å².